The van der Waals surface area contributed by atoms with Crippen molar-refractivity contribution in [1.82, 2.24) is 4.98 Å². The maximum absolute atomic E-state index is 13.5. The molecule has 0 radical (unpaired) electrons. The Hall–Kier alpha value is -4.20. The molecule has 8 heteroatoms. The number of ether oxygens (including phenoxy) is 1. The molecule has 4 rings (SSSR count). The molecule has 0 saturated carbocycles. The van der Waals surface area contributed by atoms with E-state index < -0.39 is 5.91 Å². The van der Waals surface area contributed by atoms with Gasteiger partial charge in [0.2, 0.25) is 17.7 Å². The van der Waals surface area contributed by atoms with Crippen molar-refractivity contribution in [3.8, 4) is 5.75 Å². The fraction of sp³-hybridized carbons (Fsp3) is 0.231. The number of carbonyl (C=O) groups is 3. The second-order valence-electron chi connectivity index (χ2n) is 8.14. The van der Waals surface area contributed by atoms with Crippen molar-refractivity contribution >= 4 is 40.5 Å². The highest BCUT2D eigenvalue weighted by Gasteiger charge is 2.34. The molecule has 3 aromatic rings. The minimum Gasteiger partial charge on any atom is -0.497 e. The van der Waals surface area contributed by atoms with Crippen LogP contribution in [0.25, 0.3) is 0 Å². The third-order valence-electron chi connectivity index (χ3n) is 5.62. The predicted molar refractivity (Wildman–Crippen MR) is 130 cm³/mol. The second-order valence-corrected chi connectivity index (χ2v) is 8.14. The van der Waals surface area contributed by atoms with Crippen molar-refractivity contribution < 1.29 is 19.1 Å². The van der Waals surface area contributed by atoms with Gasteiger partial charge in [0.25, 0.3) is 0 Å². The molecule has 1 aliphatic rings. The first-order valence-corrected chi connectivity index (χ1v) is 11.0. The topological polar surface area (TPSA) is 83.0 Å². The first-order valence-electron chi connectivity index (χ1n) is 11.0. The van der Waals surface area contributed by atoms with Crippen molar-refractivity contribution in [2.75, 3.05) is 28.4 Å². The Bertz CT molecular complexity index is 1190. The number of carbonyl (C=O) groups excluding carboxylic acids is 3. The number of hydrogen-bond donors (Lipinski definition) is 0. The van der Waals surface area contributed by atoms with E-state index in [1.165, 1.54) is 9.80 Å². The van der Waals surface area contributed by atoms with Crippen molar-refractivity contribution in [2.24, 2.45) is 0 Å². The molecule has 0 fully saturated rings. The summed E-state index contributed by atoms with van der Waals surface area (Å²) in [5, 5.41) is 0. The Balaban J connectivity index is 1.70. The monoisotopic (exact) mass is 458 g/mol. The van der Waals surface area contributed by atoms with Gasteiger partial charge in [-0.25, -0.2) is 0 Å². The lowest BCUT2D eigenvalue weighted by Gasteiger charge is -2.30. The van der Waals surface area contributed by atoms with Gasteiger partial charge in [0.1, 0.15) is 18.7 Å². The summed E-state index contributed by atoms with van der Waals surface area (Å²) in [6, 6.07) is 17.6. The quantitative estimate of drug-likeness (QED) is 0.523. The van der Waals surface area contributed by atoms with E-state index in [2.05, 4.69) is 4.98 Å². The van der Waals surface area contributed by atoms with Gasteiger partial charge in [-0.2, -0.15) is 0 Å². The normalized spacial score (nSPS) is 13.5. The van der Waals surface area contributed by atoms with Crippen LogP contribution in [0, 0.1) is 0 Å². The van der Waals surface area contributed by atoms with Crippen LogP contribution in [0.4, 0.5) is 22.7 Å². The Morgan fingerprint density at radius 1 is 0.971 bits per heavy atom. The molecule has 174 valence electrons. The van der Waals surface area contributed by atoms with Crippen LogP contribution >= 0.6 is 0 Å². The van der Waals surface area contributed by atoms with E-state index in [0.29, 0.717) is 28.5 Å². The number of benzene rings is 2. The molecule has 34 heavy (non-hydrogen) atoms. The zero-order chi connectivity index (χ0) is 24.2. The highest BCUT2D eigenvalue weighted by atomic mass is 16.5. The van der Waals surface area contributed by atoms with Crippen LogP contribution in [0.1, 0.15) is 20.3 Å². The molecule has 3 amide bonds. The third kappa shape index (κ3) is 4.47. The predicted octanol–water partition coefficient (Wildman–Crippen LogP) is 3.93. The van der Waals surface area contributed by atoms with E-state index in [1.54, 1.807) is 72.9 Å². The summed E-state index contributed by atoms with van der Waals surface area (Å²) in [6.07, 6.45) is 2.83. The Kier molecular flexibility index (Phi) is 6.58. The minimum atomic E-state index is -0.430. The number of rotatable bonds is 6. The summed E-state index contributed by atoms with van der Waals surface area (Å²) in [7, 11) is 1.58. The van der Waals surface area contributed by atoms with Gasteiger partial charge in [-0.1, -0.05) is 12.1 Å². The van der Waals surface area contributed by atoms with Crippen LogP contribution in [-0.4, -0.2) is 42.4 Å². The lowest BCUT2D eigenvalue weighted by Crippen LogP contribution is -2.46. The molecule has 0 N–H and O–H groups in total. The van der Waals surface area contributed by atoms with Crippen molar-refractivity contribution in [3.63, 3.8) is 0 Å². The van der Waals surface area contributed by atoms with Crippen LogP contribution in [0.15, 0.2) is 73.1 Å². The molecule has 0 unspecified atom stereocenters. The Labute approximate surface area is 198 Å². The molecule has 0 saturated heterocycles. The van der Waals surface area contributed by atoms with Gasteiger partial charge >= 0.3 is 0 Å². The number of aromatic nitrogens is 1. The summed E-state index contributed by atoms with van der Waals surface area (Å²) in [5.41, 5.74) is 2.35. The van der Waals surface area contributed by atoms with E-state index in [-0.39, 0.29) is 30.8 Å². The largest absolute Gasteiger partial charge is 0.497 e. The van der Waals surface area contributed by atoms with Crippen molar-refractivity contribution in [1.29, 1.82) is 0 Å². The number of pyridine rings is 1. The molecule has 8 nitrogen and oxygen atoms in total. The minimum absolute atomic E-state index is 0.145. The van der Waals surface area contributed by atoms with Gasteiger partial charge in [-0.15, -0.1) is 0 Å². The highest BCUT2D eigenvalue weighted by Crippen LogP contribution is 2.37. The van der Waals surface area contributed by atoms with Gasteiger partial charge < -0.3 is 14.5 Å². The van der Waals surface area contributed by atoms with E-state index in [0.717, 1.165) is 0 Å². The van der Waals surface area contributed by atoms with Crippen LogP contribution in [-0.2, 0) is 14.4 Å². The molecule has 0 spiro atoms. The number of fused-ring (bicyclic) bond motifs is 1. The molecular weight excluding hydrogens is 432 g/mol. The maximum atomic E-state index is 13.5. The van der Waals surface area contributed by atoms with E-state index in [9.17, 15) is 14.4 Å². The maximum Gasteiger partial charge on any atom is 0.247 e. The van der Waals surface area contributed by atoms with Crippen molar-refractivity contribution in [3.05, 3.63) is 73.1 Å². The summed E-state index contributed by atoms with van der Waals surface area (Å²) < 4.78 is 5.22. The van der Waals surface area contributed by atoms with Crippen LogP contribution < -0.4 is 19.4 Å². The third-order valence-corrected chi connectivity index (χ3v) is 5.62. The van der Waals surface area contributed by atoms with E-state index in [1.807, 2.05) is 26.0 Å². The van der Waals surface area contributed by atoms with E-state index in [4.69, 9.17) is 4.74 Å². The molecule has 2 aromatic carbocycles. The highest BCUT2D eigenvalue weighted by molar-refractivity contribution is 6.19. The number of methoxy groups -OCH3 is 1. The zero-order valence-corrected chi connectivity index (χ0v) is 19.3. The smallest absolute Gasteiger partial charge is 0.247 e. The molecule has 0 aliphatic carbocycles. The summed E-state index contributed by atoms with van der Waals surface area (Å²) >= 11 is 0. The lowest BCUT2D eigenvalue weighted by molar-refractivity contribution is -0.127. The summed E-state index contributed by atoms with van der Waals surface area (Å²) in [4.78, 5) is 48.3. The van der Waals surface area contributed by atoms with Gasteiger partial charge in [0, 0.05) is 24.1 Å². The number of para-hydroxylation sites is 2. The van der Waals surface area contributed by atoms with E-state index >= 15 is 0 Å². The fourth-order valence-electron chi connectivity index (χ4n) is 4.09. The SMILES string of the molecule is COc1ccc(N(C(=O)CN2C(=O)CC(=O)N(c3ccncc3)c3ccccc32)C(C)C)cc1. The molecule has 1 aromatic heterocycles. The number of anilines is 4. The Morgan fingerprint density at radius 2 is 1.62 bits per heavy atom. The average molecular weight is 459 g/mol. The molecule has 0 bridgehead atoms. The van der Waals surface area contributed by atoms with Crippen LogP contribution in [0.2, 0.25) is 0 Å². The van der Waals surface area contributed by atoms with Gasteiger partial charge in [0.15, 0.2) is 0 Å². The number of nitrogens with zero attached hydrogens (tertiary/aromatic N) is 4. The molecule has 1 aliphatic heterocycles. The molecule has 2 heterocycles. The number of amides is 3. The zero-order valence-electron chi connectivity index (χ0n) is 19.3. The first-order chi connectivity index (χ1) is 16.4. The van der Waals surface area contributed by atoms with Gasteiger partial charge in [0.05, 0.1) is 24.2 Å². The van der Waals surface area contributed by atoms with Crippen molar-refractivity contribution in [2.45, 2.75) is 26.3 Å². The van der Waals surface area contributed by atoms with Gasteiger partial charge in [-0.3, -0.25) is 24.3 Å². The average Bonchev–Trinajstić information content (AvgIpc) is 2.93. The lowest BCUT2D eigenvalue weighted by atomic mass is 10.2. The Morgan fingerprint density at radius 3 is 2.24 bits per heavy atom. The number of hydrogen-bond acceptors (Lipinski definition) is 5. The van der Waals surface area contributed by atoms with Gasteiger partial charge in [-0.05, 0) is 62.4 Å². The van der Waals surface area contributed by atoms with Crippen LogP contribution in [0.3, 0.4) is 0 Å². The fourth-order valence-corrected chi connectivity index (χ4v) is 4.09. The molecule has 0 atom stereocenters. The first kappa shape index (κ1) is 23.0. The van der Waals surface area contributed by atoms with Crippen LogP contribution in [0.5, 0.6) is 5.75 Å². The molecular formula is C26H26N4O4. The summed E-state index contributed by atoms with van der Waals surface area (Å²) in [6.45, 7) is 3.63. The standard InChI is InChI=1S/C26H26N4O4/c1-18(2)29(19-8-10-21(34-3)11-9-19)26(33)17-28-22-6-4-5-7-23(22)30(25(32)16-24(28)31)20-12-14-27-15-13-20/h4-15,18H,16-17H2,1-3H3. The summed E-state index contributed by atoms with van der Waals surface area (Å²) in [5.74, 6) is -0.366. The second kappa shape index (κ2) is 9.74.